The topological polar surface area (TPSA) is 162 Å². The summed E-state index contributed by atoms with van der Waals surface area (Å²) in [7, 11) is 1.68. The maximum absolute atomic E-state index is 14.0. The molecule has 0 saturated carbocycles. The van der Waals surface area contributed by atoms with Crippen molar-refractivity contribution < 1.29 is 28.7 Å². The van der Waals surface area contributed by atoms with E-state index in [2.05, 4.69) is 21.5 Å². The van der Waals surface area contributed by atoms with Gasteiger partial charge in [-0.2, -0.15) is 0 Å². The van der Waals surface area contributed by atoms with Gasteiger partial charge in [0, 0.05) is 31.1 Å². The zero-order chi connectivity index (χ0) is 36.0. The summed E-state index contributed by atoms with van der Waals surface area (Å²) in [6.45, 7) is 7.16. The molecule has 264 valence electrons. The van der Waals surface area contributed by atoms with E-state index < -0.39 is 47.3 Å². The summed E-state index contributed by atoms with van der Waals surface area (Å²) < 4.78 is 5.82. The molecule has 13 nitrogen and oxygen atoms in total. The fourth-order valence-corrected chi connectivity index (χ4v) is 5.70. The van der Waals surface area contributed by atoms with Crippen LogP contribution in [0.4, 0.5) is 11.5 Å². The number of anilines is 2. The Hall–Kier alpha value is -5.30. The first kappa shape index (κ1) is 36.0. The van der Waals surface area contributed by atoms with Gasteiger partial charge in [-0.25, -0.2) is 10.4 Å². The molecule has 0 aliphatic carbocycles. The molecule has 0 spiro atoms. The number of carbonyl (C=O) groups excluding carboxylic acids is 5. The average molecular weight is 684 g/mol. The Morgan fingerprint density at radius 2 is 1.78 bits per heavy atom. The maximum Gasteiger partial charge on any atom is 0.316 e. The maximum atomic E-state index is 14.0. The molecular weight excluding hydrogens is 638 g/mol. The number of aromatic nitrogens is 1. The SMILES string of the molecule is CC(C)[C@@H]1OC(=O)C(C)(C)/C=C/c2ccc3ccc(nc3c2)N(C)NC(=O)[C@@H]2CCCN(N2)C(=O)[C@H](CCC(=O)Nc2ccccc2)NC1=O. The predicted molar refractivity (Wildman–Crippen MR) is 190 cm³/mol. The van der Waals surface area contributed by atoms with Gasteiger partial charge in [-0.1, -0.05) is 56.3 Å². The minimum absolute atomic E-state index is 0.0410. The summed E-state index contributed by atoms with van der Waals surface area (Å²) in [5.74, 6) is -2.45. The zero-order valence-corrected chi connectivity index (χ0v) is 29.1. The molecule has 1 saturated heterocycles. The van der Waals surface area contributed by atoms with Crippen LogP contribution in [0, 0.1) is 11.3 Å². The van der Waals surface area contributed by atoms with Gasteiger partial charge in [0.15, 0.2) is 6.10 Å². The first-order valence-corrected chi connectivity index (χ1v) is 16.9. The second-order valence-electron chi connectivity index (χ2n) is 13.6. The summed E-state index contributed by atoms with van der Waals surface area (Å²) in [4.78, 5) is 72.4. The van der Waals surface area contributed by atoms with Crippen LogP contribution in [-0.2, 0) is 28.7 Å². The van der Waals surface area contributed by atoms with Crippen molar-refractivity contribution in [2.45, 2.75) is 71.6 Å². The van der Waals surface area contributed by atoms with Crippen LogP contribution in [0.5, 0.6) is 0 Å². The number of rotatable bonds is 5. The van der Waals surface area contributed by atoms with E-state index in [1.165, 1.54) is 10.0 Å². The number of carbonyl (C=O) groups is 5. The lowest BCUT2D eigenvalue weighted by Crippen LogP contribution is -2.62. The molecule has 2 aromatic carbocycles. The van der Waals surface area contributed by atoms with Gasteiger partial charge in [0.05, 0.1) is 10.9 Å². The average Bonchev–Trinajstić information content (AvgIpc) is 3.10. The van der Waals surface area contributed by atoms with Crippen molar-refractivity contribution in [3.63, 3.8) is 0 Å². The third-order valence-corrected chi connectivity index (χ3v) is 8.74. The van der Waals surface area contributed by atoms with E-state index in [-0.39, 0.29) is 31.2 Å². The highest BCUT2D eigenvalue weighted by Gasteiger charge is 2.37. The van der Waals surface area contributed by atoms with Gasteiger partial charge < -0.3 is 15.4 Å². The quantitative estimate of drug-likeness (QED) is 0.294. The number of hydrogen-bond donors (Lipinski definition) is 4. The number of benzene rings is 2. The minimum atomic E-state index is -1.22. The lowest BCUT2D eigenvalue weighted by atomic mass is 9.92. The molecule has 2 aliphatic heterocycles. The second kappa shape index (κ2) is 15.5. The fraction of sp³-hybridized carbons (Fsp3) is 0.405. The number of pyridine rings is 1. The van der Waals surface area contributed by atoms with Gasteiger partial charge in [-0.15, -0.1) is 0 Å². The minimum Gasteiger partial charge on any atom is -0.451 e. The predicted octanol–water partition coefficient (Wildman–Crippen LogP) is 3.72. The Morgan fingerprint density at radius 3 is 2.52 bits per heavy atom. The van der Waals surface area contributed by atoms with E-state index in [9.17, 15) is 24.0 Å². The highest BCUT2D eigenvalue weighted by molar-refractivity contribution is 5.94. The van der Waals surface area contributed by atoms with Crippen LogP contribution in [-0.4, -0.2) is 71.4 Å². The number of fused-ring (bicyclic) bond motifs is 4. The van der Waals surface area contributed by atoms with E-state index in [1.807, 2.05) is 30.3 Å². The van der Waals surface area contributed by atoms with Crippen molar-refractivity contribution in [1.29, 1.82) is 0 Å². The molecule has 2 aliphatic rings. The number of hydrazine groups is 2. The van der Waals surface area contributed by atoms with Gasteiger partial charge in [0.25, 0.3) is 17.7 Å². The van der Waals surface area contributed by atoms with E-state index in [0.29, 0.717) is 29.9 Å². The number of esters is 1. The number of cyclic esters (lactones) is 1. The highest BCUT2D eigenvalue weighted by atomic mass is 16.5. The van der Waals surface area contributed by atoms with Crippen LogP contribution < -0.4 is 26.5 Å². The van der Waals surface area contributed by atoms with Crippen LogP contribution in [0.1, 0.15) is 58.9 Å². The van der Waals surface area contributed by atoms with Crippen molar-refractivity contribution in [3.05, 3.63) is 72.3 Å². The lowest BCUT2D eigenvalue weighted by molar-refractivity contribution is -0.165. The third-order valence-electron chi connectivity index (χ3n) is 8.74. The highest BCUT2D eigenvalue weighted by Crippen LogP contribution is 2.25. The molecule has 50 heavy (non-hydrogen) atoms. The third kappa shape index (κ3) is 8.83. The Balaban J connectivity index is 1.46. The van der Waals surface area contributed by atoms with Gasteiger partial charge in [-0.05, 0) is 74.9 Å². The monoisotopic (exact) mass is 683 g/mol. The van der Waals surface area contributed by atoms with E-state index >= 15 is 0 Å². The summed E-state index contributed by atoms with van der Waals surface area (Å²) in [6, 6.07) is 16.4. The smallest absolute Gasteiger partial charge is 0.316 e. The molecule has 5 bridgehead atoms. The summed E-state index contributed by atoms with van der Waals surface area (Å²) in [6.07, 6.45) is 3.13. The standard InChI is InChI=1S/C37H45N7O6/c1-23(2)32-34(47)40-28(16-18-31(45)38-26-10-7-6-8-11-26)35(48)44-21-9-12-27(41-44)33(46)42-43(5)30-17-15-25-14-13-24(22-29(25)39-30)19-20-37(3,4)36(49)50-32/h6-8,10-11,13-15,17,19-20,22-23,27-28,32,41H,9,12,16,18,21H2,1-5H3,(H,38,45)(H,40,47)(H,42,46)/b20-19+/t27-,28-,32-/m0/s1. The number of ether oxygens (including phenoxy) is 1. The number of hydrogen-bond acceptors (Lipinski definition) is 9. The van der Waals surface area contributed by atoms with Crippen molar-refractivity contribution in [3.8, 4) is 0 Å². The second-order valence-corrected chi connectivity index (χ2v) is 13.6. The number of nitrogens with zero attached hydrogens (tertiary/aromatic N) is 3. The molecule has 0 unspecified atom stereocenters. The van der Waals surface area contributed by atoms with Crippen molar-refractivity contribution >= 4 is 58.1 Å². The molecule has 3 heterocycles. The molecule has 1 fully saturated rings. The zero-order valence-electron chi connectivity index (χ0n) is 29.1. The molecule has 4 N–H and O–H groups in total. The van der Waals surface area contributed by atoms with Crippen molar-refractivity contribution in [2.24, 2.45) is 11.3 Å². The van der Waals surface area contributed by atoms with Crippen molar-refractivity contribution in [1.82, 2.24) is 26.2 Å². The van der Waals surface area contributed by atoms with Gasteiger partial charge >= 0.3 is 5.97 Å². The molecule has 5 rings (SSSR count). The van der Waals surface area contributed by atoms with Crippen LogP contribution in [0.2, 0.25) is 0 Å². The summed E-state index contributed by atoms with van der Waals surface area (Å²) in [5, 5.41) is 9.29. The molecule has 1 aromatic heterocycles. The molecular formula is C37H45N7O6. The Morgan fingerprint density at radius 1 is 1.04 bits per heavy atom. The van der Waals surface area contributed by atoms with Crippen LogP contribution in [0.25, 0.3) is 17.0 Å². The molecule has 3 aromatic rings. The first-order valence-electron chi connectivity index (χ1n) is 16.9. The van der Waals surface area contributed by atoms with Crippen LogP contribution in [0.3, 0.4) is 0 Å². The molecule has 0 radical (unpaired) electrons. The summed E-state index contributed by atoms with van der Waals surface area (Å²) in [5.41, 5.74) is 6.84. The number of nitrogens with one attached hydrogen (secondary N) is 4. The summed E-state index contributed by atoms with van der Waals surface area (Å²) >= 11 is 0. The largest absolute Gasteiger partial charge is 0.451 e. The Bertz CT molecular complexity index is 1780. The van der Waals surface area contributed by atoms with E-state index in [1.54, 1.807) is 77.2 Å². The number of para-hydroxylation sites is 1. The van der Waals surface area contributed by atoms with Crippen LogP contribution >= 0.6 is 0 Å². The van der Waals surface area contributed by atoms with Gasteiger partial charge in [-0.3, -0.25) is 39.4 Å². The molecule has 13 heteroatoms. The van der Waals surface area contributed by atoms with E-state index in [4.69, 9.17) is 9.72 Å². The number of amides is 4. The normalized spacial score (nSPS) is 22.5. The Labute approximate surface area is 291 Å². The lowest BCUT2D eigenvalue weighted by Gasteiger charge is -2.36. The Kier molecular flexibility index (Phi) is 11.2. The van der Waals surface area contributed by atoms with E-state index in [0.717, 1.165) is 10.9 Å². The molecule has 4 amide bonds. The fourth-order valence-electron chi connectivity index (χ4n) is 5.70. The van der Waals surface area contributed by atoms with Crippen molar-refractivity contribution in [2.75, 3.05) is 23.9 Å². The van der Waals surface area contributed by atoms with Gasteiger partial charge in [0.2, 0.25) is 5.91 Å². The first-order chi connectivity index (χ1) is 23.8. The molecule has 3 atom stereocenters. The van der Waals surface area contributed by atoms with Crippen LogP contribution in [0.15, 0.2) is 66.7 Å². The van der Waals surface area contributed by atoms with Gasteiger partial charge in [0.1, 0.15) is 17.9 Å².